The predicted octanol–water partition coefficient (Wildman–Crippen LogP) is 3.22. The summed E-state index contributed by atoms with van der Waals surface area (Å²) in [6.07, 6.45) is 0.691. The van der Waals surface area contributed by atoms with E-state index >= 15 is 0 Å². The summed E-state index contributed by atoms with van der Waals surface area (Å²) in [6, 6.07) is 0. The number of halogens is 2. The number of hydrogen-bond acceptors (Lipinski definition) is 3. The summed E-state index contributed by atoms with van der Waals surface area (Å²) in [5.41, 5.74) is 0.976. The first-order chi connectivity index (χ1) is 7.36. The lowest BCUT2D eigenvalue weighted by atomic mass is 9.92. The molecule has 90 valence electrons. The van der Waals surface area contributed by atoms with Gasteiger partial charge in [-0.1, -0.05) is 32.4 Å². The first-order valence-corrected chi connectivity index (χ1v) is 6.53. The predicted molar refractivity (Wildman–Crippen MR) is 74.0 cm³/mol. The Balaban J connectivity index is 3.12. The van der Waals surface area contributed by atoms with Crippen molar-refractivity contribution in [1.82, 2.24) is 9.97 Å². The van der Waals surface area contributed by atoms with Crippen molar-refractivity contribution in [2.24, 2.45) is 0 Å². The molecule has 0 saturated carbocycles. The van der Waals surface area contributed by atoms with Gasteiger partial charge < -0.3 is 4.74 Å². The lowest BCUT2D eigenvalue weighted by molar-refractivity contribution is 0.200. The highest BCUT2D eigenvalue weighted by atomic mass is 127. The van der Waals surface area contributed by atoms with Crippen LogP contribution in [0.5, 0.6) is 0 Å². The zero-order chi connectivity index (χ0) is 12.3. The third-order valence-corrected chi connectivity index (χ3v) is 3.71. The molecule has 0 atom stereocenters. The molecule has 1 aromatic rings. The van der Waals surface area contributed by atoms with Gasteiger partial charge in [0.25, 0.3) is 0 Å². The van der Waals surface area contributed by atoms with E-state index < -0.39 is 0 Å². The lowest BCUT2D eigenvalue weighted by Gasteiger charge is -2.20. The minimum absolute atomic E-state index is 0.0229. The lowest BCUT2D eigenvalue weighted by Crippen LogP contribution is -2.18. The van der Waals surface area contributed by atoms with E-state index in [4.69, 9.17) is 16.3 Å². The van der Waals surface area contributed by atoms with E-state index in [0.29, 0.717) is 18.2 Å². The highest BCUT2D eigenvalue weighted by molar-refractivity contribution is 14.1. The Hall–Kier alpha value is 0.0600. The number of hydrogen-bond donors (Lipinski definition) is 0. The van der Waals surface area contributed by atoms with Crippen LogP contribution in [0, 0.1) is 3.57 Å². The van der Waals surface area contributed by atoms with Crippen molar-refractivity contribution in [2.45, 2.75) is 32.6 Å². The van der Waals surface area contributed by atoms with E-state index in [9.17, 15) is 0 Å². The zero-order valence-electron chi connectivity index (χ0n) is 9.97. The molecule has 0 spiro atoms. The van der Waals surface area contributed by atoms with Gasteiger partial charge in [0.05, 0.1) is 15.9 Å². The first-order valence-electron chi connectivity index (χ1n) is 5.07. The Morgan fingerprint density at radius 1 is 1.31 bits per heavy atom. The van der Waals surface area contributed by atoms with Crippen molar-refractivity contribution in [2.75, 3.05) is 13.7 Å². The molecule has 0 amide bonds. The molecule has 0 bridgehead atoms. The van der Waals surface area contributed by atoms with Gasteiger partial charge in [-0.05, 0) is 22.6 Å². The van der Waals surface area contributed by atoms with Crippen LogP contribution in [-0.2, 0) is 16.6 Å². The van der Waals surface area contributed by atoms with Crippen LogP contribution in [-0.4, -0.2) is 23.7 Å². The fourth-order valence-electron chi connectivity index (χ4n) is 1.27. The minimum Gasteiger partial charge on any atom is -0.384 e. The van der Waals surface area contributed by atoms with Crippen molar-refractivity contribution >= 4 is 34.2 Å². The Bertz CT molecular complexity index is 377. The van der Waals surface area contributed by atoms with Crippen molar-refractivity contribution in [1.29, 1.82) is 0 Å². The maximum Gasteiger partial charge on any atom is 0.146 e. The molecule has 0 aromatic carbocycles. The number of ether oxygens (including phenoxy) is 1. The number of nitrogens with zero attached hydrogens (tertiary/aromatic N) is 2. The summed E-state index contributed by atoms with van der Waals surface area (Å²) >= 11 is 8.30. The van der Waals surface area contributed by atoms with Gasteiger partial charge in [0.2, 0.25) is 0 Å². The summed E-state index contributed by atoms with van der Waals surface area (Å²) in [7, 11) is 1.67. The molecular weight excluding hydrogens is 338 g/mol. The van der Waals surface area contributed by atoms with Crippen LogP contribution in [0.2, 0.25) is 5.15 Å². The van der Waals surface area contributed by atoms with Gasteiger partial charge in [0.1, 0.15) is 11.0 Å². The van der Waals surface area contributed by atoms with E-state index in [1.165, 1.54) is 0 Å². The third kappa shape index (κ3) is 3.53. The monoisotopic (exact) mass is 354 g/mol. The maximum absolute atomic E-state index is 6.10. The second-order valence-corrected chi connectivity index (χ2v) is 6.02. The SMILES string of the molecule is COCCc1nc(Cl)c(I)c(C(C)(C)C)n1. The molecule has 0 saturated heterocycles. The van der Waals surface area contributed by atoms with E-state index in [1.54, 1.807) is 7.11 Å². The summed E-state index contributed by atoms with van der Waals surface area (Å²) in [5.74, 6) is 0.747. The van der Waals surface area contributed by atoms with Gasteiger partial charge in [0, 0.05) is 18.9 Å². The molecule has 0 N–H and O–H groups in total. The minimum atomic E-state index is -0.0229. The Kier molecular flexibility index (Phi) is 4.94. The summed E-state index contributed by atoms with van der Waals surface area (Å²) in [5, 5.41) is 0.534. The normalized spacial score (nSPS) is 11.9. The molecule has 3 nitrogen and oxygen atoms in total. The Morgan fingerprint density at radius 2 is 1.94 bits per heavy atom. The van der Waals surface area contributed by atoms with Gasteiger partial charge >= 0.3 is 0 Å². The molecule has 0 aliphatic carbocycles. The van der Waals surface area contributed by atoms with Crippen molar-refractivity contribution in [3.8, 4) is 0 Å². The second-order valence-electron chi connectivity index (χ2n) is 4.59. The molecule has 0 unspecified atom stereocenters. The van der Waals surface area contributed by atoms with Gasteiger partial charge in [-0.3, -0.25) is 0 Å². The fourth-order valence-corrected chi connectivity index (χ4v) is 2.50. The standard InChI is InChI=1S/C11H16ClIN2O/c1-11(2,3)9-8(13)10(12)15-7(14-9)5-6-16-4/h5-6H2,1-4H3. The quantitative estimate of drug-likeness (QED) is 0.617. The van der Waals surface area contributed by atoms with Crippen LogP contribution in [0.4, 0.5) is 0 Å². The Labute approximate surface area is 115 Å². The summed E-state index contributed by atoms with van der Waals surface area (Å²) < 4.78 is 5.95. The van der Waals surface area contributed by atoms with E-state index in [2.05, 4.69) is 53.3 Å². The number of methoxy groups -OCH3 is 1. The van der Waals surface area contributed by atoms with Crippen LogP contribution in [0.3, 0.4) is 0 Å². The molecule has 0 aliphatic rings. The molecule has 5 heteroatoms. The van der Waals surface area contributed by atoms with Crippen molar-refractivity contribution in [3.05, 3.63) is 20.2 Å². The highest BCUT2D eigenvalue weighted by Gasteiger charge is 2.22. The average Bonchev–Trinajstić information content (AvgIpc) is 2.17. The molecule has 0 radical (unpaired) electrons. The van der Waals surface area contributed by atoms with Crippen LogP contribution in [0.15, 0.2) is 0 Å². The molecule has 1 heterocycles. The largest absolute Gasteiger partial charge is 0.384 e. The molecular formula is C11H16ClIN2O. The average molecular weight is 355 g/mol. The van der Waals surface area contributed by atoms with Crippen LogP contribution in [0.25, 0.3) is 0 Å². The summed E-state index contributed by atoms with van der Waals surface area (Å²) in [6.45, 7) is 6.97. The Morgan fingerprint density at radius 3 is 2.44 bits per heavy atom. The zero-order valence-corrected chi connectivity index (χ0v) is 12.9. The van der Waals surface area contributed by atoms with E-state index in [1.807, 2.05) is 0 Å². The smallest absolute Gasteiger partial charge is 0.146 e. The van der Waals surface area contributed by atoms with Crippen LogP contribution in [0.1, 0.15) is 32.3 Å². The fraction of sp³-hybridized carbons (Fsp3) is 0.636. The van der Waals surface area contributed by atoms with Crippen LogP contribution < -0.4 is 0 Å². The molecule has 0 aliphatic heterocycles. The number of rotatable bonds is 3. The van der Waals surface area contributed by atoms with Gasteiger partial charge in [-0.2, -0.15) is 0 Å². The molecule has 16 heavy (non-hydrogen) atoms. The number of aromatic nitrogens is 2. The molecule has 1 rings (SSSR count). The third-order valence-electron chi connectivity index (χ3n) is 2.10. The topological polar surface area (TPSA) is 35.0 Å². The van der Waals surface area contributed by atoms with Crippen LogP contribution >= 0.6 is 34.2 Å². The first kappa shape index (κ1) is 14.1. The highest BCUT2D eigenvalue weighted by Crippen LogP contribution is 2.29. The van der Waals surface area contributed by atoms with Crippen molar-refractivity contribution < 1.29 is 4.74 Å². The van der Waals surface area contributed by atoms with E-state index in [-0.39, 0.29) is 5.41 Å². The van der Waals surface area contributed by atoms with Gasteiger partial charge in [-0.15, -0.1) is 0 Å². The van der Waals surface area contributed by atoms with Crippen molar-refractivity contribution in [3.63, 3.8) is 0 Å². The van der Waals surface area contributed by atoms with E-state index in [0.717, 1.165) is 15.1 Å². The molecule has 1 aromatic heterocycles. The molecule has 0 fully saturated rings. The summed E-state index contributed by atoms with van der Waals surface area (Å²) in [4.78, 5) is 8.81. The van der Waals surface area contributed by atoms with Gasteiger partial charge in [-0.25, -0.2) is 9.97 Å². The second kappa shape index (κ2) is 5.60. The van der Waals surface area contributed by atoms with Gasteiger partial charge in [0.15, 0.2) is 0 Å². The maximum atomic E-state index is 6.10.